The fourth-order valence-corrected chi connectivity index (χ4v) is 5.68. The van der Waals surface area contributed by atoms with Crippen LogP contribution in [0.5, 0.6) is 0 Å². The lowest BCUT2D eigenvalue weighted by Crippen LogP contribution is -2.56. The summed E-state index contributed by atoms with van der Waals surface area (Å²) in [4.78, 5) is 105. The first kappa shape index (κ1) is 43.9. The Morgan fingerprint density at radius 1 is 0.639 bits per heavy atom. The molecule has 23 heteroatoms. The van der Waals surface area contributed by atoms with Gasteiger partial charge in [0.15, 0.2) is 0 Å². The Hall–Kier alpha value is -8.18. The van der Waals surface area contributed by atoms with Gasteiger partial charge in [0.1, 0.15) is 35.4 Å². The van der Waals surface area contributed by atoms with Gasteiger partial charge < -0.3 is 66.8 Å². The highest BCUT2D eigenvalue weighted by atomic mass is 16.6. The molecule has 8 amide bonds. The molecule has 5 aromatic rings. The first-order valence-electron chi connectivity index (χ1n) is 18.3. The molecule has 0 saturated carbocycles. The molecule has 23 nitrogen and oxygen atoms in total. The van der Waals surface area contributed by atoms with Gasteiger partial charge in [-0.05, 0) is 29.8 Å². The Balaban J connectivity index is 1.25. The number of carbonyl (C=O) groups excluding carboxylic acids is 8. The van der Waals surface area contributed by atoms with Crippen LogP contribution in [0.25, 0.3) is 0 Å². The number of nitrogens with zero attached hydrogens (tertiary/aromatic N) is 3. The lowest BCUT2D eigenvalue weighted by molar-refractivity contribution is -0.123. The highest BCUT2D eigenvalue weighted by molar-refractivity contribution is 6.07. The van der Waals surface area contributed by atoms with Crippen molar-refractivity contribution >= 4 is 70.2 Å². The van der Waals surface area contributed by atoms with Crippen LogP contribution >= 0.6 is 0 Å². The molecule has 4 aromatic heterocycles. The van der Waals surface area contributed by atoms with Crippen LogP contribution in [-0.4, -0.2) is 91.8 Å². The standard InChI is InChI=1S/C38H44N14O9/c1-50-18-24(45-33(55)26-9-22(15-41-26)43-31(53)13-39)11-28(50)35(57)42-16-27(34(56)48-49-38(60)61-20-21-7-5-4-6-8-21)47-37(59)30-12-25(19-52(30)3)46-36(58)29-10-23(17-51(29)2)44-32(54)14-40/h4-12,15,17-19,27,41H,13-14,16,20,39-40H2,1-3H3,(H,42,57)(H,43,53)(H,44,54)(H,45,55)(H,46,58)(H,47,59)(H,48,56)(H,49,60). The fraction of sp³-hybridized carbons (Fsp3) is 0.211. The summed E-state index contributed by atoms with van der Waals surface area (Å²) in [6.07, 6.45) is 4.85. The first-order chi connectivity index (χ1) is 29.1. The van der Waals surface area contributed by atoms with Crippen LogP contribution in [0.4, 0.5) is 27.5 Å². The average Bonchev–Trinajstić information content (AvgIpc) is 4.04. The molecule has 0 aliphatic heterocycles. The maximum Gasteiger partial charge on any atom is 0.426 e. The van der Waals surface area contributed by atoms with Crippen molar-refractivity contribution in [2.45, 2.75) is 12.6 Å². The van der Waals surface area contributed by atoms with E-state index in [1.807, 2.05) is 0 Å². The molecule has 1 aromatic carbocycles. The van der Waals surface area contributed by atoms with Crippen LogP contribution in [0.15, 0.2) is 79.4 Å². The Morgan fingerprint density at radius 2 is 1.16 bits per heavy atom. The number of anilines is 4. The number of aromatic nitrogens is 4. The Labute approximate surface area is 346 Å². The van der Waals surface area contributed by atoms with Gasteiger partial charge in [0, 0.05) is 52.5 Å². The zero-order chi connectivity index (χ0) is 44.2. The number of amides is 8. The minimum Gasteiger partial charge on any atom is -0.443 e. The predicted molar refractivity (Wildman–Crippen MR) is 220 cm³/mol. The number of H-pyrrole nitrogens is 1. The lowest BCUT2D eigenvalue weighted by Gasteiger charge is -2.19. The van der Waals surface area contributed by atoms with E-state index in [1.165, 1.54) is 69.8 Å². The van der Waals surface area contributed by atoms with Crippen molar-refractivity contribution in [3.8, 4) is 0 Å². The van der Waals surface area contributed by atoms with Gasteiger partial charge in [-0.2, -0.15) is 0 Å². The average molecular weight is 841 g/mol. The minimum atomic E-state index is -1.49. The number of carbonyl (C=O) groups is 8. The Bertz CT molecular complexity index is 2450. The number of benzene rings is 1. The van der Waals surface area contributed by atoms with Crippen LogP contribution < -0.4 is 54.2 Å². The maximum atomic E-state index is 13.6. The molecule has 0 spiro atoms. The molecular formula is C38H44N14O9. The quantitative estimate of drug-likeness (QED) is 0.0579. The van der Waals surface area contributed by atoms with Crippen molar-refractivity contribution in [1.82, 2.24) is 40.2 Å². The van der Waals surface area contributed by atoms with Crippen molar-refractivity contribution < 1.29 is 43.1 Å². The third-order valence-corrected chi connectivity index (χ3v) is 8.68. The third-order valence-electron chi connectivity index (χ3n) is 8.68. The van der Waals surface area contributed by atoms with E-state index in [4.69, 9.17) is 16.2 Å². The molecule has 0 aliphatic carbocycles. The topological polar surface area (TPSA) is 325 Å². The number of hydrazine groups is 1. The van der Waals surface area contributed by atoms with E-state index in [2.05, 4.69) is 47.7 Å². The van der Waals surface area contributed by atoms with Crippen molar-refractivity contribution in [2.75, 3.05) is 40.9 Å². The second-order valence-electron chi connectivity index (χ2n) is 13.3. The van der Waals surface area contributed by atoms with Gasteiger partial charge in [-0.1, -0.05) is 30.3 Å². The zero-order valence-electron chi connectivity index (χ0n) is 33.1. The summed E-state index contributed by atoms with van der Waals surface area (Å²) in [5.41, 5.74) is 17.1. The van der Waals surface area contributed by atoms with Gasteiger partial charge in [-0.3, -0.25) is 39.0 Å². The molecule has 320 valence electrons. The molecule has 5 rings (SSSR count). The van der Waals surface area contributed by atoms with Gasteiger partial charge in [0.2, 0.25) is 11.8 Å². The van der Waals surface area contributed by atoms with E-state index in [0.29, 0.717) is 16.9 Å². The number of nitrogens with one attached hydrogen (secondary N) is 9. The van der Waals surface area contributed by atoms with Crippen LogP contribution in [0.3, 0.4) is 0 Å². The number of aryl methyl sites for hydroxylation is 3. The van der Waals surface area contributed by atoms with Crippen molar-refractivity contribution in [3.63, 3.8) is 0 Å². The molecule has 13 N–H and O–H groups in total. The first-order valence-corrected chi connectivity index (χ1v) is 18.3. The summed E-state index contributed by atoms with van der Waals surface area (Å²) in [7, 11) is 4.66. The molecule has 1 atom stereocenters. The predicted octanol–water partition coefficient (Wildman–Crippen LogP) is -0.185. The van der Waals surface area contributed by atoms with Crippen LogP contribution in [0.1, 0.15) is 47.5 Å². The van der Waals surface area contributed by atoms with E-state index in [-0.39, 0.29) is 53.8 Å². The number of rotatable bonds is 16. The van der Waals surface area contributed by atoms with Crippen LogP contribution in [-0.2, 0) is 46.9 Å². The summed E-state index contributed by atoms with van der Waals surface area (Å²) >= 11 is 0. The fourth-order valence-electron chi connectivity index (χ4n) is 5.68. The summed E-state index contributed by atoms with van der Waals surface area (Å²) in [5.74, 6) is -4.48. The maximum absolute atomic E-state index is 13.6. The van der Waals surface area contributed by atoms with E-state index >= 15 is 0 Å². The highest BCUT2D eigenvalue weighted by Gasteiger charge is 2.26. The molecule has 0 saturated heterocycles. The monoisotopic (exact) mass is 840 g/mol. The number of aromatic amines is 1. The lowest BCUT2D eigenvalue weighted by atomic mass is 10.2. The molecule has 4 heterocycles. The Kier molecular flexibility index (Phi) is 14.4. The number of nitrogens with two attached hydrogens (primary N) is 2. The van der Waals surface area contributed by atoms with E-state index in [0.717, 1.165) is 0 Å². The summed E-state index contributed by atoms with van der Waals surface area (Å²) in [5, 5.41) is 15.5. The van der Waals surface area contributed by atoms with Crippen molar-refractivity contribution in [2.24, 2.45) is 32.6 Å². The smallest absolute Gasteiger partial charge is 0.426 e. The van der Waals surface area contributed by atoms with Gasteiger partial charge >= 0.3 is 6.09 Å². The van der Waals surface area contributed by atoms with E-state index in [9.17, 15) is 38.4 Å². The van der Waals surface area contributed by atoms with Crippen LogP contribution in [0, 0.1) is 0 Å². The molecule has 0 bridgehead atoms. The summed E-state index contributed by atoms with van der Waals surface area (Å²) in [6, 6.07) is 12.9. The molecule has 0 aliphatic rings. The normalized spacial score (nSPS) is 11.1. The minimum absolute atomic E-state index is 0.00352. The third kappa shape index (κ3) is 11.9. The van der Waals surface area contributed by atoms with E-state index < -0.39 is 60.0 Å². The largest absolute Gasteiger partial charge is 0.443 e. The second-order valence-corrected chi connectivity index (χ2v) is 13.3. The van der Waals surface area contributed by atoms with Gasteiger partial charge in [0.05, 0.1) is 35.8 Å². The van der Waals surface area contributed by atoms with Gasteiger partial charge in [-0.25, -0.2) is 10.2 Å². The summed E-state index contributed by atoms with van der Waals surface area (Å²) < 4.78 is 9.42. The van der Waals surface area contributed by atoms with Gasteiger partial charge in [0.25, 0.3) is 29.5 Å². The van der Waals surface area contributed by atoms with Crippen molar-refractivity contribution in [1.29, 1.82) is 0 Å². The second kappa shape index (κ2) is 20.0. The molecular weight excluding hydrogens is 797 g/mol. The molecule has 1 unspecified atom stereocenters. The molecule has 0 fully saturated rings. The highest BCUT2D eigenvalue weighted by Crippen LogP contribution is 2.19. The number of ether oxygens (including phenoxy) is 1. The SMILES string of the molecule is Cn1cc(NC(=O)c2cc(NC(=O)CN)c[nH]2)cc1C(=O)NCC(NC(=O)c1cc(NC(=O)c2cc(NC(=O)CN)cn2C)cn1C)C(=O)NNC(=O)OCc1ccccc1. The Morgan fingerprint density at radius 3 is 1.75 bits per heavy atom. The van der Waals surface area contributed by atoms with Gasteiger partial charge in [-0.15, -0.1) is 0 Å². The van der Waals surface area contributed by atoms with Crippen LogP contribution in [0.2, 0.25) is 0 Å². The molecule has 61 heavy (non-hydrogen) atoms. The number of hydrogen-bond acceptors (Lipinski definition) is 11. The summed E-state index contributed by atoms with van der Waals surface area (Å²) in [6.45, 7) is -1.08. The van der Waals surface area contributed by atoms with Crippen molar-refractivity contribution in [3.05, 3.63) is 108 Å². The van der Waals surface area contributed by atoms with E-state index in [1.54, 1.807) is 44.4 Å². The molecule has 0 radical (unpaired) electrons. The number of hydrogen-bond donors (Lipinski definition) is 11. The zero-order valence-corrected chi connectivity index (χ0v) is 33.1.